The zero-order valence-corrected chi connectivity index (χ0v) is 18.5. The van der Waals surface area contributed by atoms with Gasteiger partial charge in [0.2, 0.25) is 0 Å². The highest BCUT2D eigenvalue weighted by molar-refractivity contribution is 5.80. The number of nitrogens with one attached hydrogen (secondary N) is 1. The Morgan fingerprint density at radius 1 is 1.16 bits per heavy atom. The standard InChI is InChI=1S/C24H32N6O/c1-3-17-10-11-21-18(13-17)14-20(24(31)25-21)22(29-12-6-7-16(2)15-29)23-26-27-28-30(23)19-8-4-5-9-19/h10-11,13-14,16,19,22H,3-9,12,15H2,1-2H3,(H,25,31)/t16-,22+/m1/s1. The number of H-pyrrole nitrogens is 1. The molecule has 0 amide bonds. The number of benzene rings is 1. The maximum absolute atomic E-state index is 13.3. The normalized spacial score (nSPS) is 21.7. The molecule has 3 aromatic rings. The lowest BCUT2D eigenvalue weighted by atomic mass is 9.95. The summed E-state index contributed by atoms with van der Waals surface area (Å²) in [4.78, 5) is 18.9. The monoisotopic (exact) mass is 420 g/mol. The Bertz CT molecular complexity index is 1110. The summed E-state index contributed by atoms with van der Waals surface area (Å²) in [5, 5.41) is 14.0. The Balaban J connectivity index is 1.65. The fourth-order valence-electron chi connectivity index (χ4n) is 5.44. The number of piperidine rings is 1. The van der Waals surface area contributed by atoms with Crippen LogP contribution >= 0.6 is 0 Å². The number of aromatic amines is 1. The van der Waals surface area contributed by atoms with E-state index in [9.17, 15) is 4.79 Å². The molecule has 1 saturated heterocycles. The molecule has 1 N–H and O–H groups in total. The molecule has 2 aromatic heterocycles. The number of aryl methyl sites for hydroxylation is 1. The number of likely N-dealkylation sites (tertiary alicyclic amines) is 1. The van der Waals surface area contributed by atoms with Crippen LogP contribution < -0.4 is 5.56 Å². The second-order valence-corrected chi connectivity index (χ2v) is 9.39. The third kappa shape index (κ3) is 3.91. The van der Waals surface area contributed by atoms with E-state index >= 15 is 0 Å². The first-order valence-corrected chi connectivity index (χ1v) is 11.8. The molecule has 1 aromatic carbocycles. The van der Waals surface area contributed by atoms with Gasteiger partial charge in [-0.1, -0.05) is 32.8 Å². The average Bonchev–Trinajstić information content (AvgIpc) is 3.46. The van der Waals surface area contributed by atoms with Gasteiger partial charge in [-0.3, -0.25) is 9.69 Å². The van der Waals surface area contributed by atoms with Gasteiger partial charge in [0.05, 0.1) is 6.04 Å². The highest BCUT2D eigenvalue weighted by Gasteiger charge is 2.34. The first-order chi connectivity index (χ1) is 15.1. The number of aromatic nitrogens is 5. The molecule has 0 spiro atoms. The van der Waals surface area contributed by atoms with E-state index in [1.54, 1.807) is 0 Å². The van der Waals surface area contributed by atoms with Crippen LogP contribution in [0.1, 0.15) is 81.4 Å². The molecular weight excluding hydrogens is 388 g/mol. The van der Waals surface area contributed by atoms with Gasteiger partial charge in [-0.15, -0.1) is 5.10 Å². The zero-order chi connectivity index (χ0) is 21.4. The van der Waals surface area contributed by atoms with Crippen LogP contribution in [0.4, 0.5) is 0 Å². The van der Waals surface area contributed by atoms with Crippen molar-refractivity contribution < 1.29 is 0 Å². The van der Waals surface area contributed by atoms with E-state index in [0.717, 1.165) is 61.1 Å². The molecule has 3 heterocycles. The van der Waals surface area contributed by atoms with Crippen LogP contribution in [0.3, 0.4) is 0 Å². The first kappa shape index (κ1) is 20.4. The molecule has 0 radical (unpaired) electrons. The minimum atomic E-state index is -0.225. The predicted molar refractivity (Wildman–Crippen MR) is 121 cm³/mol. The largest absolute Gasteiger partial charge is 0.322 e. The van der Waals surface area contributed by atoms with Gasteiger partial charge in [-0.2, -0.15) is 0 Å². The number of rotatable bonds is 5. The summed E-state index contributed by atoms with van der Waals surface area (Å²) in [6, 6.07) is 8.47. The van der Waals surface area contributed by atoms with Crippen molar-refractivity contribution in [3.8, 4) is 0 Å². The van der Waals surface area contributed by atoms with Crippen molar-refractivity contribution in [3.05, 3.63) is 51.6 Å². The Kier molecular flexibility index (Phi) is 5.61. The Hall–Kier alpha value is -2.54. The van der Waals surface area contributed by atoms with Crippen molar-refractivity contribution >= 4 is 10.9 Å². The molecule has 1 aliphatic heterocycles. The van der Waals surface area contributed by atoms with Gasteiger partial charge < -0.3 is 4.98 Å². The maximum Gasteiger partial charge on any atom is 0.253 e. The highest BCUT2D eigenvalue weighted by atomic mass is 16.1. The van der Waals surface area contributed by atoms with Gasteiger partial charge in [-0.05, 0) is 84.1 Å². The topological polar surface area (TPSA) is 79.7 Å². The fraction of sp³-hybridized carbons (Fsp3) is 0.583. The molecule has 2 aliphatic rings. The molecule has 0 unspecified atom stereocenters. The van der Waals surface area contributed by atoms with Crippen molar-refractivity contribution in [1.82, 2.24) is 30.1 Å². The summed E-state index contributed by atoms with van der Waals surface area (Å²) in [6.45, 7) is 6.36. The third-order valence-electron chi connectivity index (χ3n) is 7.13. The van der Waals surface area contributed by atoms with Crippen LogP contribution in [-0.4, -0.2) is 43.2 Å². The molecule has 2 fully saturated rings. The number of nitrogens with zero attached hydrogens (tertiary/aromatic N) is 5. The smallest absolute Gasteiger partial charge is 0.253 e. The molecule has 1 saturated carbocycles. The Morgan fingerprint density at radius 3 is 2.77 bits per heavy atom. The van der Waals surface area contributed by atoms with E-state index in [4.69, 9.17) is 0 Å². The zero-order valence-electron chi connectivity index (χ0n) is 18.5. The number of fused-ring (bicyclic) bond motifs is 1. The lowest BCUT2D eigenvalue weighted by Gasteiger charge is -2.36. The molecule has 7 nitrogen and oxygen atoms in total. The van der Waals surface area contributed by atoms with Crippen LogP contribution in [0.5, 0.6) is 0 Å². The summed E-state index contributed by atoms with van der Waals surface area (Å²) in [7, 11) is 0. The lowest BCUT2D eigenvalue weighted by molar-refractivity contribution is 0.139. The summed E-state index contributed by atoms with van der Waals surface area (Å²) in [5.74, 6) is 1.41. The van der Waals surface area contributed by atoms with E-state index in [1.807, 2.05) is 10.7 Å². The van der Waals surface area contributed by atoms with Gasteiger partial charge in [0.25, 0.3) is 5.56 Å². The third-order valence-corrected chi connectivity index (χ3v) is 7.13. The molecule has 0 bridgehead atoms. The minimum absolute atomic E-state index is 0.0408. The first-order valence-electron chi connectivity index (χ1n) is 11.8. The molecule has 5 rings (SSSR count). The van der Waals surface area contributed by atoms with Crippen molar-refractivity contribution in [2.75, 3.05) is 13.1 Å². The number of pyridine rings is 1. The van der Waals surface area contributed by atoms with Gasteiger partial charge in [0, 0.05) is 17.6 Å². The molecule has 2 atom stereocenters. The summed E-state index contributed by atoms with van der Waals surface area (Å²) < 4.78 is 2.02. The van der Waals surface area contributed by atoms with Gasteiger partial charge >= 0.3 is 0 Å². The SMILES string of the molecule is CCc1ccc2[nH]c(=O)c([C@@H](c3nnnn3C3CCCC3)N3CCC[C@@H](C)C3)cc2c1. The van der Waals surface area contributed by atoms with E-state index in [2.05, 4.69) is 57.5 Å². The molecular formula is C24H32N6O. The average molecular weight is 421 g/mol. The van der Waals surface area contributed by atoms with Crippen LogP contribution in [-0.2, 0) is 6.42 Å². The second-order valence-electron chi connectivity index (χ2n) is 9.39. The van der Waals surface area contributed by atoms with E-state index in [-0.39, 0.29) is 11.6 Å². The summed E-state index contributed by atoms with van der Waals surface area (Å²) in [5.41, 5.74) is 2.86. The van der Waals surface area contributed by atoms with Crippen LogP contribution in [0.15, 0.2) is 29.1 Å². The maximum atomic E-state index is 13.3. The predicted octanol–water partition coefficient (Wildman–Crippen LogP) is 4.01. The number of hydrogen-bond acceptors (Lipinski definition) is 5. The Labute approximate surface area is 182 Å². The van der Waals surface area contributed by atoms with Crippen molar-refractivity contribution in [3.63, 3.8) is 0 Å². The Morgan fingerprint density at radius 2 is 2.00 bits per heavy atom. The molecule has 31 heavy (non-hydrogen) atoms. The van der Waals surface area contributed by atoms with Gasteiger partial charge in [0.1, 0.15) is 6.04 Å². The van der Waals surface area contributed by atoms with Crippen LogP contribution in [0.25, 0.3) is 10.9 Å². The second kappa shape index (κ2) is 8.54. The van der Waals surface area contributed by atoms with E-state index in [1.165, 1.54) is 24.8 Å². The molecule has 1 aliphatic carbocycles. The highest BCUT2D eigenvalue weighted by Crippen LogP contribution is 2.35. The van der Waals surface area contributed by atoms with Crippen molar-refractivity contribution in [1.29, 1.82) is 0 Å². The van der Waals surface area contributed by atoms with Crippen molar-refractivity contribution in [2.45, 2.75) is 70.9 Å². The summed E-state index contributed by atoms with van der Waals surface area (Å²) in [6.07, 6.45) is 7.97. The summed E-state index contributed by atoms with van der Waals surface area (Å²) >= 11 is 0. The van der Waals surface area contributed by atoms with Gasteiger partial charge in [0.15, 0.2) is 5.82 Å². The minimum Gasteiger partial charge on any atom is -0.322 e. The number of hydrogen-bond donors (Lipinski definition) is 1. The van der Waals surface area contributed by atoms with Crippen LogP contribution in [0.2, 0.25) is 0 Å². The quantitative estimate of drug-likeness (QED) is 0.674. The molecule has 7 heteroatoms. The number of tetrazole rings is 1. The van der Waals surface area contributed by atoms with Crippen LogP contribution in [0, 0.1) is 5.92 Å². The fourth-order valence-corrected chi connectivity index (χ4v) is 5.44. The van der Waals surface area contributed by atoms with Crippen molar-refractivity contribution in [2.24, 2.45) is 5.92 Å². The lowest BCUT2D eigenvalue weighted by Crippen LogP contribution is -2.41. The molecule has 164 valence electrons. The van der Waals surface area contributed by atoms with Gasteiger partial charge in [-0.25, -0.2) is 4.68 Å². The van der Waals surface area contributed by atoms with E-state index < -0.39 is 0 Å². The van der Waals surface area contributed by atoms with E-state index in [0.29, 0.717) is 12.0 Å².